The second-order valence-corrected chi connectivity index (χ2v) is 10.7. The number of carbonyl (C=O) groups excluding carboxylic acids is 1. The Kier molecular flexibility index (Phi) is 7.34. The van der Waals surface area contributed by atoms with E-state index >= 15 is 0 Å². The van der Waals surface area contributed by atoms with Gasteiger partial charge in [0.25, 0.3) is 0 Å². The maximum atomic E-state index is 13.1. The molecule has 0 atom stereocenters. The molecule has 0 radical (unpaired) electrons. The average Bonchev–Trinajstić information content (AvgIpc) is 2.84. The van der Waals surface area contributed by atoms with Crippen LogP contribution in [0.2, 0.25) is 0 Å². The molecule has 4 rings (SSSR count). The van der Waals surface area contributed by atoms with Crippen LogP contribution in [0.1, 0.15) is 22.7 Å². The number of piperazine rings is 1. The van der Waals surface area contributed by atoms with Crippen LogP contribution in [0.4, 0.5) is 5.69 Å². The van der Waals surface area contributed by atoms with Crippen molar-refractivity contribution in [2.75, 3.05) is 43.3 Å². The number of amides is 1. The summed E-state index contributed by atoms with van der Waals surface area (Å²) in [5, 5.41) is 0. The smallest absolute Gasteiger partial charge is 0.243 e. The summed E-state index contributed by atoms with van der Waals surface area (Å²) in [5.41, 5.74) is 3.98. The zero-order chi connectivity index (χ0) is 24.1. The number of nitrogens with zero attached hydrogens (tertiary/aromatic N) is 3. The molecule has 1 aliphatic heterocycles. The standard InChI is InChI=1S/C27H31N3O3S/c1-22-13-15-25(16-14-22)30(34(2,32)33)21-26(31)28-17-19-29(20-18-28)27(23-9-5-3-6-10-23)24-11-7-4-8-12-24/h3-16,27H,17-21H2,1-2H3. The number of carbonyl (C=O) groups is 1. The van der Waals surface area contributed by atoms with Gasteiger partial charge < -0.3 is 4.90 Å². The van der Waals surface area contributed by atoms with Gasteiger partial charge in [0.2, 0.25) is 15.9 Å². The molecule has 0 N–H and O–H groups in total. The van der Waals surface area contributed by atoms with E-state index in [2.05, 4.69) is 53.4 Å². The molecule has 0 aromatic heterocycles. The van der Waals surface area contributed by atoms with Gasteiger partial charge in [-0.2, -0.15) is 0 Å². The Morgan fingerprint density at radius 3 is 1.79 bits per heavy atom. The fourth-order valence-corrected chi connectivity index (χ4v) is 5.30. The summed E-state index contributed by atoms with van der Waals surface area (Å²) in [6.45, 7) is 4.29. The summed E-state index contributed by atoms with van der Waals surface area (Å²) >= 11 is 0. The molecule has 34 heavy (non-hydrogen) atoms. The maximum Gasteiger partial charge on any atom is 0.243 e. The minimum atomic E-state index is -3.59. The highest BCUT2D eigenvalue weighted by molar-refractivity contribution is 7.92. The molecular weight excluding hydrogens is 446 g/mol. The van der Waals surface area contributed by atoms with E-state index in [9.17, 15) is 13.2 Å². The summed E-state index contributed by atoms with van der Waals surface area (Å²) in [4.78, 5) is 17.3. The van der Waals surface area contributed by atoms with Crippen molar-refractivity contribution in [1.29, 1.82) is 0 Å². The molecule has 1 saturated heterocycles. The van der Waals surface area contributed by atoms with Gasteiger partial charge in [-0.3, -0.25) is 14.0 Å². The van der Waals surface area contributed by atoms with E-state index in [4.69, 9.17) is 0 Å². The van der Waals surface area contributed by atoms with Gasteiger partial charge in [0.1, 0.15) is 6.54 Å². The Bertz CT molecular complexity index is 1150. The topological polar surface area (TPSA) is 60.9 Å². The van der Waals surface area contributed by atoms with Gasteiger partial charge in [0.15, 0.2) is 0 Å². The minimum Gasteiger partial charge on any atom is -0.339 e. The van der Waals surface area contributed by atoms with Crippen LogP contribution in [0.25, 0.3) is 0 Å². The Hall–Kier alpha value is -3.16. The normalized spacial score (nSPS) is 14.9. The number of rotatable bonds is 7. The van der Waals surface area contributed by atoms with Gasteiger partial charge in [0.05, 0.1) is 18.0 Å². The van der Waals surface area contributed by atoms with Crippen LogP contribution in [-0.2, 0) is 14.8 Å². The first kappa shape index (κ1) is 24.0. The molecule has 0 unspecified atom stereocenters. The van der Waals surface area contributed by atoms with E-state index in [-0.39, 0.29) is 18.5 Å². The van der Waals surface area contributed by atoms with Crippen LogP contribution < -0.4 is 4.31 Å². The molecule has 0 bridgehead atoms. The van der Waals surface area contributed by atoms with Crippen LogP contribution >= 0.6 is 0 Å². The van der Waals surface area contributed by atoms with Crippen LogP contribution in [0, 0.1) is 6.92 Å². The summed E-state index contributed by atoms with van der Waals surface area (Å²) < 4.78 is 26.1. The summed E-state index contributed by atoms with van der Waals surface area (Å²) in [6, 6.07) is 28.1. The van der Waals surface area contributed by atoms with Crippen molar-refractivity contribution in [3.05, 3.63) is 102 Å². The lowest BCUT2D eigenvalue weighted by Gasteiger charge is -2.40. The van der Waals surface area contributed by atoms with Crippen LogP contribution in [0.15, 0.2) is 84.9 Å². The molecule has 0 spiro atoms. The van der Waals surface area contributed by atoms with E-state index < -0.39 is 10.0 Å². The van der Waals surface area contributed by atoms with Gasteiger partial charge in [-0.05, 0) is 30.2 Å². The zero-order valence-corrected chi connectivity index (χ0v) is 20.5. The second-order valence-electron chi connectivity index (χ2n) is 8.75. The highest BCUT2D eigenvalue weighted by Gasteiger charge is 2.30. The Labute approximate surface area is 202 Å². The van der Waals surface area contributed by atoms with Gasteiger partial charge in [-0.25, -0.2) is 8.42 Å². The first-order valence-electron chi connectivity index (χ1n) is 11.5. The third-order valence-corrected chi connectivity index (χ3v) is 7.40. The van der Waals surface area contributed by atoms with Crippen molar-refractivity contribution in [3.63, 3.8) is 0 Å². The van der Waals surface area contributed by atoms with E-state index in [1.807, 2.05) is 31.2 Å². The van der Waals surface area contributed by atoms with Gasteiger partial charge >= 0.3 is 0 Å². The lowest BCUT2D eigenvalue weighted by atomic mass is 9.96. The van der Waals surface area contributed by atoms with Crippen molar-refractivity contribution in [3.8, 4) is 0 Å². The molecule has 1 aliphatic rings. The maximum absolute atomic E-state index is 13.1. The average molecular weight is 478 g/mol. The fraction of sp³-hybridized carbons (Fsp3) is 0.296. The third-order valence-electron chi connectivity index (χ3n) is 6.26. The van der Waals surface area contributed by atoms with Crippen LogP contribution in [0.3, 0.4) is 0 Å². The Morgan fingerprint density at radius 2 is 1.32 bits per heavy atom. The number of hydrogen-bond acceptors (Lipinski definition) is 4. The van der Waals surface area contributed by atoms with Crippen molar-refractivity contribution in [2.24, 2.45) is 0 Å². The van der Waals surface area contributed by atoms with E-state index in [1.54, 1.807) is 17.0 Å². The molecule has 3 aromatic rings. The van der Waals surface area contributed by atoms with Gasteiger partial charge in [-0.15, -0.1) is 0 Å². The SMILES string of the molecule is Cc1ccc(N(CC(=O)N2CCN(C(c3ccccc3)c3ccccc3)CC2)S(C)(=O)=O)cc1. The predicted molar refractivity (Wildman–Crippen MR) is 136 cm³/mol. The molecule has 0 aliphatic carbocycles. The number of hydrogen-bond donors (Lipinski definition) is 0. The summed E-state index contributed by atoms with van der Waals surface area (Å²) in [6.07, 6.45) is 1.14. The van der Waals surface area contributed by atoms with E-state index in [1.165, 1.54) is 15.4 Å². The summed E-state index contributed by atoms with van der Waals surface area (Å²) in [5.74, 6) is -0.179. The molecule has 1 fully saturated rings. The first-order chi connectivity index (χ1) is 16.3. The number of benzene rings is 3. The van der Waals surface area contributed by atoms with Crippen molar-refractivity contribution in [1.82, 2.24) is 9.80 Å². The molecule has 0 saturated carbocycles. The largest absolute Gasteiger partial charge is 0.339 e. The number of sulfonamides is 1. The third kappa shape index (κ3) is 5.66. The lowest BCUT2D eigenvalue weighted by Crippen LogP contribution is -2.52. The van der Waals surface area contributed by atoms with Gasteiger partial charge in [-0.1, -0.05) is 78.4 Å². The van der Waals surface area contributed by atoms with Crippen molar-refractivity contribution < 1.29 is 13.2 Å². The zero-order valence-electron chi connectivity index (χ0n) is 19.7. The molecule has 178 valence electrons. The fourth-order valence-electron chi connectivity index (χ4n) is 4.45. The highest BCUT2D eigenvalue weighted by atomic mass is 32.2. The number of aryl methyl sites for hydroxylation is 1. The molecule has 1 heterocycles. The summed E-state index contributed by atoms with van der Waals surface area (Å²) in [7, 11) is -3.59. The second kappa shape index (κ2) is 10.4. The molecule has 7 heteroatoms. The lowest BCUT2D eigenvalue weighted by molar-refractivity contribution is -0.131. The van der Waals surface area contributed by atoms with E-state index in [0.717, 1.165) is 11.8 Å². The quantitative estimate of drug-likeness (QED) is 0.521. The predicted octanol–water partition coefficient (Wildman–Crippen LogP) is 3.69. The van der Waals surface area contributed by atoms with Crippen molar-refractivity contribution in [2.45, 2.75) is 13.0 Å². The number of anilines is 1. The van der Waals surface area contributed by atoms with Crippen molar-refractivity contribution >= 4 is 21.6 Å². The minimum absolute atomic E-state index is 0.111. The molecule has 6 nitrogen and oxygen atoms in total. The van der Waals surface area contributed by atoms with Crippen LogP contribution in [0.5, 0.6) is 0 Å². The molecule has 1 amide bonds. The Balaban J connectivity index is 1.46. The highest BCUT2D eigenvalue weighted by Crippen LogP contribution is 2.29. The van der Waals surface area contributed by atoms with Crippen LogP contribution in [-0.4, -0.2) is 63.1 Å². The molecular formula is C27H31N3O3S. The Morgan fingerprint density at radius 1 is 0.824 bits per heavy atom. The molecule has 3 aromatic carbocycles. The van der Waals surface area contributed by atoms with E-state index in [0.29, 0.717) is 31.9 Å². The first-order valence-corrected chi connectivity index (χ1v) is 13.3. The van der Waals surface area contributed by atoms with Gasteiger partial charge in [0, 0.05) is 26.2 Å². The monoisotopic (exact) mass is 477 g/mol.